The van der Waals surface area contributed by atoms with Gasteiger partial charge in [0.2, 0.25) is 5.89 Å². The maximum atomic E-state index is 12.7. The second-order valence-corrected chi connectivity index (χ2v) is 8.79. The van der Waals surface area contributed by atoms with Crippen LogP contribution >= 0.6 is 0 Å². The van der Waals surface area contributed by atoms with Gasteiger partial charge >= 0.3 is 0 Å². The number of carbonyl (C=O) groups excluding carboxylic acids is 1. The molecule has 1 heterocycles. The molecule has 0 radical (unpaired) electrons. The van der Waals surface area contributed by atoms with E-state index in [0.29, 0.717) is 18.1 Å². The molecule has 0 aliphatic carbocycles. The molecule has 0 fully saturated rings. The summed E-state index contributed by atoms with van der Waals surface area (Å²) in [6.07, 6.45) is 1.45. The van der Waals surface area contributed by atoms with E-state index in [1.807, 2.05) is 55.5 Å². The summed E-state index contributed by atoms with van der Waals surface area (Å²) in [5.74, 6) is 0.286. The largest absolute Gasteiger partial charge is 0.447 e. The van der Waals surface area contributed by atoms with E-state index in [2.05, 4.69) is 59.4 Å². The van der Waals surface area contributed by atoms with Gasteiger partial charge in [0.15, 0.2) is 5.69 Å². The molecule has 1 aromatic heterocycles. The van der Waals surface area contributed by atoms with Gasteiger partial charge in [0.25, 0.3) is 5.91 Å². The van der Waals surface area contributed by atoms with Crippen LogP contribution < -0.4 is 5.32 Å². The zero-order chi connectivity index (χ0) is 23.9. The number of aromatic nitrogens is 1. The number of oxazole rings is 1. The van der Waals surface area contributed by atoms with Crippen LogP contribution in [0.25, 0.3) is 0 Å². The molecule has 0 aliphatic heterocycles. The Bertz CT molecular complexity index is 1220. The van der Waals surface area contributed by atoms with Crippen molar-refractivity contribution < 1.29 is 9.21 Å². The van der Waals surface area contributed by atoms with Crippen molar-refractivity contribution in [1.82, 2.24) is 15.2 Å². The smallest absolute Gasteiger partial charge is 0.273 e. The highest BCUT2D eigenvalue weighted by Gasteiger charge is 2.18. The summed E-state index contributed by atoms with van der Waals surface area (Å²) in [5.41, 5.74) is 6.33. The normalized spacial score (nSPS) is 12.0. The molecule has 0 unspecified atom stereocenters. The minimum absolute atomic E-state index is 0.118. The molecule has 5 heteroatoms. The quantitative estimate of drug-likeness (QED) is 0.338. The van der Waals surface area contributed by atoms with Gasteiger partial charge in [-0.25, -0.2) is 4.98 Å². The first kappa shape index (κ1) is 23.5. The van der Waals surface area contributed by atoms with Gasteiger partial charge in [0.05, 0.1) is 12.6 Å². The number of carbonyl (C=O) groups is 1. The van der Waals surface area contributed by atoms with Crippen molar-refractivity contribution in [2.24, 2.45) is 0 Å². The Hall–Kier alpha value is -3.70. The highest BCUT2D eigenvalue weighted by Crippen LogP contribution is 2.18. The second-order valence-electron chi connectivity index (χ2n) is 8.79. The maximum Gasteiger partial charge on any atom is 0.273 e. The summed E-state index contributed by atoms with van der Waals surface area (Å²) in [5, 5.41) is 3.00. The lowest BCUT2D eigenvalue weighted by Gasteiger charge is -2.22. The van der Waals surface area contributed by atoms with E-state index in [1.165, 1.54) is 28.5 Å². The van der Waals surface area contributed by atoms with Crippen LogP contribution in [0, 0.1) is 13.8 Å². The topological polar surface area (TPSA) is 58.4 Å². The lowest BCUT2D eigenvalue weighted by molar-refractivity contribution is 0.0934. The summed E-state index contributed by atoms with van der Waals surface area (Å²) in [6.45, 7) is 8.22. The summed E-state index contributed by atoms with van der Waals surface area (Å²) < 4.78 is 5.72. The minimum Gasteiger partial charge on any atom is -0.447 e. The minimum atomic E-state index is -0.240. The Morgan fingerprint density at radius 1 is 0.941 bits per heavy atom. The van der Waals surface area contributed by atoms with Crippen LogP contribution in [0.2, 0.25) is 0 Å². The van der Waals surface area contributed by atoms with E-state index < -0.39 is 0 Å². The summed E-state index contributed by atoms with van der Waals surface area (Å²) in [6, 6.07) is 26.6. The van der Waals surface area contributed by atoms with Crippen LogP contribution in [0.15, 0.2) is 89.5 Å². The van der Waals surface area contributed by atoms with E-state index in [9.17, 15) is 4.79 Å². The molecule has 4 aromatic rings. The molecule has 174 valence electrons. The number of benzene rings is 3. The predicted octanol–water partition coefficient (Wildman–Crippen LogP) is 5.98. The maximum absolute atomic E-state index is 12.7. The fourth-order valence-corrected chi connectivity index (χ4v) is 4.00. The lowest BCUT2D eigenvalue weighted by Crippen LogP contribution is -2.27. The molecule has 0 saturated carbocycles. The third-order valence-corrected chi connectivity index (χ3v) is 5.94. The van der Waals surface area contributed by atoms with E-state index in [0.717, 1.165) is 18.7 Å². The molecular weight excluding hydrogens is 422 g/mol. The molecule has 4 rings (SSSR count). The molecule has 0 saturated heterocycles. The second kappa shape index (κ2) is 10.9. The first-order valence-corrected chi connectivity index (χ1v) is 11.6. The van der Waals surface area contributed by atoms with Crippen LogP contribution in [0.5, 0.6) is 0 Å². The molecule has 3 aromatic carbocycles. The fraction of sp³-hybridized carbons (Fsp3) is 0.241. The van der Waals surface area contributed by atoms with Gasteiger partial charge in [-0.2, -0.15) is 0 Å². The molecule has 1 N–H and O–H groups in total. The number of hydrogen-bond donors (Lipinski definition) is 1. The summed E-state index contributed by atoms with van der Waals surface area (Å²) in [7, 11) is 0. The van der Waals surface area contributed by atoms with Gasteiger partial charge < -0.3 is 9.73 Å². The van der Waals surface area contributed by atoms with Crippen LogP contribution in [-0.4, -0.2) is 15.8 Å². The van der Waals surface area contributed by atoms with E-state index >= 15 is 0 Å². The van der Waals surface area contributed by atoms with Gasteiger partial charge in [-0.05, 0) is 43.0 Å². The number of aryl methyl sites for hydroxylation is 2. The first-order valence-electron chi connectivity index (χ1n) is 11.6. The molecule has 0 bridgehead atoms. The number of nitrogens with one attached hydrogen (secondary N) is 1. The Labute approximate surface area is 201 Å². The van der Waals surface area contributed by atoms with Gasteiger partial charge in [-0.15, -0.1) is 0 Å². The Morgan fingerprint density at radius 2 is 1.65 bits per heavy atom. The van der Waals surface area contributed by atoms with Gasteiger partial charge in [0.1, 0.15) is 6.26 Å². The molecule has 0 spiro atoms. The zero-order valence-corrected chi connectivity index (χ0v) is 20.0. The lowest BCUT2D eigenvalue weighted by atomic mass is 10.0. The van der Waals surface area contributed by atoms with Gasteiger partial charge in [-0.1, -0.05) is 84.4 Å². The van der Waals surface area contributed by atoms with E-state index in [4.69, 9.17) is 4.42 Å². The van der Waals surface area contributed by atoms with Crippen molar-refractivity contribution in [2.45, 2.75) is 46.4 Å². The average Bonchev–Trinajstić information content (AvgIpc) is 3.31. The standard InChI is InChI=1S/C29H31N3O2/c1-21-14-15-22(2)26(16-21)18-32(17-24-10-6-4-7-11-24)19-28-31-27(20-34-28)29(33)30-23(3)25-12-8-5-9-13-25/h4-16,20,23H,17-19H2,1-3H3,(H,30,33)/t23-/m1/s1. The van der Waals surface area contributed by atoms with Crippen molar-refractivity contribution in [3.8, 4) is 0 Å². The monoisotopic (exact) mass is 453 g/mol. The van der Waals surface area contributed by atoms with Crippen LogP contribution in [0.3, 0.4) is 0 Å². The van der Waals surface area contributed by atoms with Crippen molar-refractivity contribution in [3.63, 3.8) is 0 Å². The number of hydrogen-bond acceptors (Lipinski definition) is 4. The van der Waals surface area contributed by atoms with E-state index in [1.54, 1.807) is 0 Å². The number of nitrogens with zero attached hydrogens (tertiary/aromatic N) is 2. The molecule has 5 nitrogen and oxygen atoms in total. The number of amides is 1. The van der Waals surface area contributed by atoms with Gasteiger partial charge in [0, 0.05) is 13.1 Å². The zero-order valence-electron chi connectivity index (χ0n) is 20.0. The number of rotatable bonds is 9. The first-order chi connectivity index (χ1) is 16.5. The van der Waals surface area contributed by atoms with Crippen molar-refractivity contribution in [2.75, 3.05) is 0 Å². The van der Waals surface area contributed by atoms with Gasteiger partial charge in [-0.3, -0.25) is 9.69 Å². The summed E-state index contributed by atoms with van der Waals surface area (Å²) in [4.78, 5) is 19.5. The average molecular weight is 454 g/mol. The molecule has 0 aliphatic rings. The Kier molecular flexibility index (Phi) is 7.55. The predicted molar refractivity (Wildman–Crippen MR) is 134 cm³/mol. The van der Waals surface area contributed by atoms with Crippen LogP contribution in [0.4, 0.5) is 0 Å². The van der Waals surface area contributed by atoms with Crippen molar-refractivity contribution >= 4 is 5.91 Å². The van der Waals surface area contributed by atoms with Crippen molar-refractivity contribution in [3.05, 3.63) is 125 Å². The Balaban J connectivity index is 1.47. The third kappa shape index (κ3) is 6.21. The molecule has 34 heavy (non-hydrogen) atoms. The highest BCUT2D eigenvalue weighted by atomic mass is 16.3. The third-order valence-electron chi connectivity index (χ3n) is 5.94. The molecule has 1 atom stereocenters. The SMILES string of the molecule is Cc1ccc(C)c(CN(Cc2ccccc2)Cc2nc(C(=O)N[C@H](C)c3ccccc3)co2)c1. The van der Waals surface area contributed by atoms with Crippen LogP contribution in [-0.2, 0) is 19.6 Å². The fourth-order valence-electron chi connectivity index (χ4n) is 4.00. The molecular formula is C29H31N3O2. The molecule has 1 amide bonds. The Morgan fingerprint density at radius 3 is 2.38 bits per heavy atom. The van der Waals surface area contributed by atoms with Crippen molar-refractivity contribution in [1.29, 1.82) is 0 Å². The highest BCUT2D eigenvalue weighted by molar-refractivity contribution is 5.92. The van der Waals surface area contributed by atoms with Crippen LogP contribution in [0.1, 0.15) is 57.2 Å². The van der Waals surface area contributed by atoms with E-state index in [-0.39, 0.29) is 11.9 Å². The summed E-state index contributed by atoms with van der Waals surface area (Å²) >= 11 is 0.